The first-order valence-electron chi connectivity index (χ1n) is 8.51. The van der Waals surface area contributed by atoms with Crippen LogP contribution in [0.5, 0.6) is 11.5 Å². The van der Waals surface area contributed by atoms with Crippen LogP contribution in [-0.2, 0) is 0 Å². The van der Waals surface area contributed by atoms with E-state index >= 15 is 0 Å². The molecule has 1 N–H and O–H groups in total. The molecule has 1 aliphatic carbocycles. The Labute approximate surface area is 128 Å². The fourth-order valence-corrected chi connectivity index (χ4v) is 3.59. The average Bonchev–Trinajstić information content (AvgIpc) is 2.73. The summed E-state index contributed by atoms with van der Waals surface area (Å²) in [5, 5.41) is 3.70. The maximum absolute atomic E-state index is 5.66. The minimum atomic E-state index is 0.606. The number of hydrogen-bond donors (Lipinski definition) is 1. The molecule has 0 bridgehead atoms. The topological polar surface area (TPSA) is 30.5 Å². The van der Waals surface area contributed by atoms with Crippen LogP contribution in [0, 0.1) is 5.92 Å². The quantitative estimate of drug-likeness (QED) is 0.820. The Morgan fingerprint density at radius 1 is 1.05 bits per heavy atom. The summed E-state index contributed by atoms with van der Waals surface area (Å²) in [6.07, 6.45) is 9.44. The average molecular weight is 289 g/mol. The number of nitrogens with one attached hydrogen (secondary N) is 1. The molecule has 3 nitrogen and oxygen atoms in total. The minimum Gasteiger partial charge on any atom is -0.486 e. The van der Waals surface area contributed by atoms with Crippen molar-refractivity contribution in [2.45, 2.75) is 57.9 Å². The molecule has 3 heteroatoms. The monoisotopic (exact) mass is 289 g/mol. The van der Waals surface area contributed by atoms with Crippen LogP contribution in [0.15, 0.2) is 18.2 Å². The summed E-state index contributed by atoms with van der Waals surface area (Å²) < 4.78 is 11.2. The highest BCUT2D eigenvalue weighted by molar-refractivity contribution is 5.55. The number of anilines is 1. The lowest BCUT2D eigenvalue weighted by Gasteiger charge is -2.22. The summed E-state index contributed by atoms with van der Waals surface area (Å²) in [6.45, 7) is 3.61. The molecule has 2 unspecified atom stereocenters. The summed E-state index contributed by atoms with van der Waals surface area (Å²) in [5.74, 6) is 2.70. The van der Waals surface area contributed by atoms with E-state index < -0.39 is 0 Å². The van der Waals surface area contributed by atoms with Gasteiger partial charge in [0.15, 0.2) is 11.5 Å². The summed E-state index contributed by atoms with van der Waals surface area (Å²) in [5.41, 5.74) is 1.16. The predicted octanol–water partition coefficient (Wildman–Crippen LogP) is 4.62. The van der Waals surface area contributed by atoms with E-state index in [-0.39, 0.29) is 0 Å². The van der Waals surface area contributed by atoms with Crippen molar-refractivity contribution in [3.05, 3.63) is 18.2 Å². The first kappa shape index (κ1) is 14.6. The highest BCUT2D eigenvalue weighted by Crippen LogP contribution is 2.34. The van der Waals surface area contributed by atoms with Gasteiger partial charge in [-0.05, 0) is 37.3 Å². The molecule has 1 aromatic carbocycles. The van der Waals surface area contributed by atoms with Gasteiger partial charge >= 0.3 is 0 Å². The molecule has 1 heterocycles. The third kappa shape index (κ3) is 3.84. The summed E-state index contributed by atoms with van der Waals surface area (Å²) in [6, 6.07) is 6.83. The molecule has 116 valence electrons. The van der Waals surface area contributed by atoms with E-state index in [0.717, 1.165) is 23.1 Å². The normalized spacial score (nSPS) is 25.2. The minimum absolute atomic E-state index is 0.606. The molecule has 0 saturated heterocycles. The van der Waals surface area contributed by atoms with Crippen molar-refractivity contribution in [2.24, 2.45) is 5.92 Å². The molecule has 3 rings (SSSR count). The van der Waals surface area contributed by atoms with Crippen LogP contribution in [0.2, 0.25) is 0 Å². The zero-order valence-corrected chi connectivity index (χ0v) is 13.1. The Morgan fingerprint density at radius 3 is 2.76 bits per heavy atom. The zero-order valence-electron chi connectivity index (χ0n) is 13.1. The van der Waals surface area contributed by atoms with Gasteiger partial charge in [0.25, 0.3) is 0 Å². The van der Waals surface area contributed by atoms with Crippen LogP contribution in [0.4, 0.5) is 5.69 Å². The standard InChI is InChI=1S/C18H27NO2/c1-2-4-14-5-3-6-15(8-7-14)19-16-9-10-17-18(13-16)21-12-11-20-17/h9-10,13-15,19H,2-8,11-12H2,1H3. The predicted molar refractivity (Wildman–Crippen MR) is 86.3 cm³/mol. The molecule has 1 aromatic rings. The number of fused-ring (bicyclic) bond motifs is 1. The van der Waals surface area contributed by atoms with Gasteiger partial charge in [0.05, 0.1) is 0 Å². The summed E-state index contributed by atoms with van der Waals surface area (Å²) in [7, 11) is 0. The Hall–Kier alpha value is -1.38. The van der Waals surface area contributed by atoms with Crippen molar-refractivity contribution in [1.82, 2.24) is 0 Å². The van der Waals surface area contributed by atoms with Gasteiger partial charge in [-0.15, -0.1) is 0 Å². The van der Waals surface area contributed by atoms with Crippen molar-refractivity contribution in [2.75, 3.05) is 18.5 Å². The molecular weight excluding hydrogens is 262 g/mol. The van der Waals surface area contributed by atoms with E-state index in [1.165, 1.54) is 44.9 Å². The van der Waals surface area contributed by atoms with E-state index in [4.69, 9.17) is 9.47 Å². The van der Waals surface area contributed by atoms with Gasteiger partial charge < -0.3 is 14.8 Å². The van der Waals surface area contributed by atoms with Gasteiger partial charge in [0.1, 0.15) is 13.2 Å². The Morgan fingerprint density at radius 2 is 1.90 bits per heavy atom. The lowest BCUT2D eigenvalue weighted by atomic mass is 9.95. The molecule has 0 spiro atoms. The van der Waals surface area contributed by atoms with Crippen LogP contribution in [-0.4, -0.2) is 19.3 Å². The summed E-state index contributed by atoms with van der Waals surface area (Å²) >= 11 is 0. The van der Waals surface area contributed by atoms with Crippen LogP contribution in [0.3, 0.4) is 0 Å². The zero-order chi connectivity index (χ0) is 14.5. The van der Waals surface area contributed by atoms with Gasteiger partial charge in [0.2, 0.25) is 0 Å². The Balaban J connectivity index is 1.58. The van der Waals surface area contributed by atoms with E-state index in [0.29, 0.717) is 19.3 Å². The SMILES string of the molecule is CCCC1CCCC(Nc2ccc3c(c2)OCCO3)CC1. The maximum atomic E-state index is 5.66. The summed E-state index contributed by atoms with van der Waals surface area (Å²) in [4.78, 5) is 0. The van der Waals surface area contributed by atoms with Gasteiger partial charge in [-0.2, -0.15) is 0 Å². The smallest absolute Gasteiger partial charge is 0.163 e. The van der Waals surface area contributed by atoms with Gasteiger partial charge in [0, 0.05) is 17.8 Å². The maximum Gasteiger partial charge on any atom is 0.163 e. The van der Waals surface area contributed by atoms with Crippen LogP contribution < -0.4 is 14.8 Å². The second-order valence-electron chi connectivity index (χ2n) is 6.36. The molecule has 1 saturated carbocycles. The van der Waals surface area contributed by atoms with E-state index in [9.17, 15) is 0 Å². The molecule has 0 aromatic heterocycles. The van der Waals surface area contributed by atoms with Crippen LogP contribution in [0.1, 0.15) is 51.9 Å². The Kier molecular flexibility index (Phi) is 4.89. The van der Waals surface area contributed by atoms with E-state index in [1.807, 2.05) is 6.07 Å². The first-order chi connectivity index (χ1) is 10.3. The highest BCUT2D eigenvalue weighted by atomic mass is 16.6. The largest absolute Gasteiger partial charge is 0.486 e. The fraction of sp³-hybridized carbons (Fsp3) is 0.667. The van der Waals surface area contributed by atoms with Gasteiger partial charge in [-0.3, -0.25) is 0 Å². The molecule has 0 amide bonds. The molecule has 2 atom stereocenters. The van der Waals surface area contributed by atoms with Crippen molar-refractivity contribution in [3.63, 3.8) is 0 Å². The molecule has 2 aliphatic rings. The first-order valence-corrected chi connectivity index (χ1v) is 8.51. The lowest BCUT2D eigenvalue weighted by molar-refractivity contribution is 0.171. The van der Waals surface area contributed by atoms with E-state index in [2.05, 4.69) is 24.4 Å². The van der Waals surface area contributed by atoms with Gasteiger partial charge in [-0.1, -0.05) is 32.6 Å². The van der Waals surface area contributed by atoms with Crippen molar-refractivity contribution in [1.29, 1.82) is 0 Å². The molecular formula is C18H27NO2. The Bertz CT molecular complexity index is 461. The number of benzene rings is 1. The molecule has 1 aliphatic heterocycles. The number of rotatable bonds is 4. The molecule has 21 heavy (non-hydrogen) atoms. The van der Waals surface area contributed by atoms with Crippen molar-refractivity contribution < 1.29 is 9.47 Å². The van der Waals surface area contributed by atoms with Crippen molar-refractivity contribution in [3.8, 4) is 11.5 Å². The van der Waals surface area contributed by atoms with Crippen LogP contribution in [0.25, 0.3) is 0 Å². The lowest BCUT2D eigenvalue weighted by Crippen LogP contribution is -2.19. The third-order valence-electron chi connectivity index (χ3n) is 4.70. The third-order valence-corrected chi connectivity index (χ3v) is 4.70. The van der Waals surface area contributed by atoms with Crippen LogP contribution >= 0.6 is 0 Å². The number of hydrogen-bond acceptors (Lipinski definition) is 3. The second-order valence-corrected chi connectivity index (χ2v) is 6.36. The van der Waals surface area contributed by atoms with Crippen molar-refractivity contribution >= 4 is 5.69 Å². The number of ether oxygens (including phenoxy) is 2. The fourth-order valence-electron chi connectivity index (χ4n) is 3.59. The second kappa shape index (κ2) is 7.06. The van der Waals surface area contributed by atoms with Gasteiger partial charge in [-0.25, -0.2) is 0 Å². The molecule has 0 radical (unpaired) electrons. The molecule has 1 fully saturated rings. The highest BCUT2D eigenvalue weighted by Gasteiger charge is 2.19. The van der Waals surface area contributed by atoms with E-state index in [1.54, 1.807) is 0 Å².